The molecule has 2 bridgehead atoms. The number of para-hydroxylation sites is 1. The predicted octanol–water partition coefficient (Wildman–Crippen LogP) is 2.51. The number of nitrogens with zero attached hydrogens (tertiary/aromatic N) is 1. The molecule has 8 rings (SSSR count). The Hall–Kier alpha value is -1.90. The maximum Gasteiger partial charge on any atom is -1.00 e. The number of hydrogen-bond donors (Lipinski definition) is 0. The Bertz CT molecular complexity index is 1500. The van der Waals surface area contributed by atoms with Crippen LogP contribution in [-0.2, 0) is 24.7 Å². The van der Waals surface area contributed by atoms with Gasteiger partial charge in [0.05, 0.1) is 8.07 Å². The quantitative estimate of drug-likeness (QED) is 0.305. The van der Waals surface area contributed by atoms with E-state index in [2.05, 4.69) is 129 Å². The molecule has 0 N–H and O–H groups in total. The average molecular weight is 619 g/mol. The third kappa shape index (κ3) is 4.43. The van der Waals surface area contributed by atoms with Crippen LogP contribution in [0.1, 0.15) is 45.4 Å². The van der Waals surface area contributed by atoms with Gasteiger partial charge < -0.3 is 29.4 Å². The number of allylic oxidation sites excluding steroid dienone is 2. The number of halogens is 2. The molecule has 4 aromatic rings. The van der Waals surface area contributed by atoms with Crippen molar-refractivity contribution in [3.63, 3.8) is 0 Å². The van der Waals surface area contributed by atoms with Gasteiger partial charge in [-0.3, -0.25) is 0 Å². The van der Waals surface area contributed by atoms with Crippen molar-refractivity contribution in [1.29, 1.82) is 0 Å². The monoisotopic (exact) mass is 616 g/mol. The second-order valence-corrected chi connectivity index (χ2v) is 16.5. The zero-order valence-corrected chi connectivity index (χ0v) is 26.6. The van der Waals surface area contributed by atoms with Crippen LogP contribution < -0.4 is 24.8 Å². The first-order chi connectivity index (χ1) is 16.9. The second-order valence-electron chi connectivity index (χ2n) is 10.5. The van der Waals surface area contributed by atoms with Gasteiger partial charge in [0.15, 0.2) is 0 Å². The maximum atomic E-state index is 2.51. The van der Waals surface area contributed by atoms with Crippen LogP contribution in [-0.4, -0.2) is 12.6 Å². The van der Waals surface area contributed by atoms with Crippen molar-refractivity contribution >= 4 is 19.3 Å². The Morgan fingerprint density at radius 1 is 0.757 bits per heavy atom. The van der Waals surface area contributed by atoms with Crippen LogP contribution in [0.25, 0.3) is 28.1 Å². The van der Waals surface area contributed by atoms with E-state index >= 15 is 0 Å². The molecule has 0 saturated carbocycles. The molecular formula is C32H30Cl2NSiZr. The van der Waals surface area contributed by atoms with Crippen molar-refractivity contribution in [2.75, 3.05) is 0 Å². The number of aromatic nitrogens is 1. The Labute approximate surface area is 249 Å². The zero-order valence-electron chi connectivity index (χ0n) is 21.6. The molecule has 2 aliphatic heterocycles. The molecule has 0 spiro atoms. The van der Waals surface area contributed by atoms with E-state index in [1.54, 1.807) is 41.2 Å². The average Bonchev–Trinajstić information content (AvgIpc) is 3.56. The number of rotatable bonds is 2. The van der Waals surface area contributed by atoms with E-state index in [1.165, 1.54) is 39.1 Å². The molecule has 2 atom stereocenters. The summed E-state index contributed by atoms with van der Waals surface area (Å²) in [7, 11) is -1.17. The molecule has 0 amide bonds. The fourth-order valence-electron chi connectivity index (χ4n) is 6.55. The van der Waals surface area contributed by atoms with E-state index < -0.39 is 8.07 Å². The van der Waals surface area contributed by atoms with Gasteiger partial charge in [0.25, 0.3) is 0 Å². The second kappa shape index (κ2) is 10.7. The molecule has 37 heavy (non-hydrogen) atoms. The van der Waals surface area contributed by atoms with E-state index in [0.29, 0.717) is 3.63 Å². The van der Waals surface area contributed by atoms with E-state index in [4.69, 9.17) is 0 Å². The van der Waals surface area contributed by atoms with Crippen LogP contribution >= 0.6 is 0 Å². The van der Waals surface area contributed by atoms with Gasteiger partial charge >= 0.3 is 118 Å². The van der Waals surface area contributed by atoms with Gasteiger partial charge in [-0.05, 0) is 30.7 Å². The SMILES string of the molecule is CC1=C2c3ccn(-c4ccccc4)c3C1[Si]2(C)C.CC1=Cc2c(-c3ccccc3)cccc2[CH]1[Zr+2].[Cl-].[Cl-]. The molecule has 0 fully saturated rings. The molecule has 5 heteroatoms. The topological polar surface area (TPSA) is 4.93 Å². The summed E-state index contributed by atoms with van der Waals surface area (Å²) in [5.41, 5.74) is 13.9. The van der Waals surface area contributed by atoms with Crippen LogP contribution in [0.15, 0.2) is 102 Å². The third-order valence-electron chi connectivity index (χ3n) is 8.06. The Kier molecular flexibility index (Phi) is 8.13. The zero-order chi connectivity index (χ0) is 24.3. The van der Waals surface area contributed by atoms with Crippen molar-refractivity contribution in [3.05, 3.63) is 125 Å². The van der Waals surface area contributed by atoms with Gasteiger partial charge in [-0.2, -0.15) is 0 Å². The minimum Gasteiger partial charge on any atom is -1.00 e. The smallest absolute Gasteiger partial charge is 1.00 e. The van der Waals surface area contributed by atoms with Crippen LogP contribution in [0.3, 0.4) is 0 Å². The van der Waals surface area contributed by atoms with Crippen molar-refractivity contribution in [3.8, 4) is 16.8 Å². The van der Waals surface area contributed by atoms with Gasteiger partial charge in [-0.25, -0.2) is 0 Å². The first-order valence-corrected chi connectivity index (χ1v) is 16.9. The number of fused-ring (bicyclic) bond motifs is 1. The standard InChI is InChI=1S/C16H17NSi.C16H13.2ClH.Zr/c1-11-15-13-9-10-17(12-7-5-4-6-8-12)14(13)16(11)18(15,2)3;1-12-10-14-8-5-9-15(16(14)11-12)13-6-3-2-4-7-13;;;/h4-10,16H,1-3H3;2-11H,1H3;2*1H;/q;;;;+2/p-2. The van der Waals surface area contributed by atoms with Crippen LogP contribution in [0.4, 0.5) is 0 Å². The summed E-state index contributed by atoms with van der Waals surface area (Å²) in [5.74, 6) is 0. The van der Waals surface area contributed by atoms with E-state index in [1.807, 2.05) is 0 Å². The molecule has 2 unspecified atom stereocenters. The first kappa shape index (κ1) is 28.1. The Morgan fingerprint density at radius 2 is 1.41 bits per heavy atom. The van der Waals surface area contributed by atoms with Gasteiger partial charge in [0.1, 0.15) is 0 Å². The molecule has 1 aromatic heterocycles. The van der Waals surface area contributed by atoms with Gasteiger partial charge in [-0.15, -0.1) is 0 Å². The Morgan fingerprint density at radius 3 is 2.05 bits per heavy atom. The minimum atomic E-state index is -1.17. The summed E-state index contributed by atoms with van der Waals surface area (Å²) in [6.07, 6.45) is 4.60. The molecular weight excluding hydrogens is 589 g/mol. The maximum absolute atomic E-state index is 2.51. The normalized spacial score (nSPS) is 19.4. The molecule has 0 saturated heterocycles. The van der Waals surface area contributed by atoms with Gasteiger partial charge in [-0.1, -0.05) is 42.1 Å². The fourth-order valence-corrected chi connectivity index (χ4v) is 11.7. The molecule has 3 aromatic carbocycles. The first-order valence-electron chi connectivity index (χ1n) is 12.5. The summed E-state index contributed by atoms with van der Waals surface area (Å²) >= 11 is 1.58. The van der Waals surface area contributed by atoms with Crippen molar-refractivity contribution in [1.82, 2.24) is 4.57 Å². The molecule has 1 nitrogen and oxygen atoms in total. The fraction of sp³-hybridized carbons (Fsp3) is 0.188. The Balaban J connectivity index is 0.000000164. The summed E-state index contributed by atoms with van der Waals surface area (Å²) in [5, 5.41) is 1.72. The summed E-state index contributed by atoms with van der Waals surface area (Å²) < 4.78 is 3.05. The van der Waals surface area contributed by atoms with E-state index in [0.717, 1.165) is 5.54 Å². The molecule has 4 aliphatic rings. The van der Waals surface area contributed by atoms with E-state index in [-0.39, 0.29) is 24.8 Å². The van der Waals surface area contributed by atoms with Crippen LogP contribution in [0.5, 0.6) is 0 Å². The van der Waals surface area contributed by atoms with Crippen molar-refractivity contribution in [2.45, 2.75) is 36.1 Å². The van der Waals surface area contributed by atoms with Crippen LogP contribution in [0.2, 0.25) is 13.1 Å². The number of benzene rings is 3. The summed E-state index contributed by atoms with van der Waals surface area (Å²) in [6, 6.07) is 30.4. The largest absolute Gasteiger partial charge is 1.00 e. The third-order valence-corrected chi connectivity index (χ3v) is 14.0. The molecule has 0 radical (unpaired) electrons. The van der Waals surface area contributed by atoms with Crippen molar-refractivity contribution in [2.24, 2.45) is 0 Å². The van der Waals surface area contributed by atoms with Gasteiger partial charge in [0.2, 0.25) is 0 Å². The van der Waals surface area contributed by atoms with Crippen molar-refractivity contribution < 1.29 is 49.5 Å². The summed E-state index contributed by atoms with van der Waals surface area (Å²) in [6.45, 7) is 9.59. The predicted molar refractivity (Wildman–Crippen MR) is 147 cm³/mol. The van der Waals surface area contributed by atoms with Crippen LogP contribution in [0, 0.1) is 0 Å². The molecule has 2 aliphatic carbocycles. The summed E-state index contributed by atoms with van der Waals surface area (Å²) in [4.78, 5) is 0. The van der Waals surface area contributed by atoms with E-state index in [9.17, 15) is 0 Å². The minimum absolute atomic E-state index is 0. The van der Waals surface area contributed by atoms with Gasteiger partial charge in [0, 0.05) is 23.1 Å². The number of hydrogen-bond acceptors (Lipinski definition) is 0. The molecule has 185 valence electrons. The molecule has 3 heterocycles.